The van der Waals surface area contributed by atoms with Gasteiger partial charge in [0.25, 0.3) is 0 Å². The number of benzene rings is 2. The molecule has 6 heteroatoms. The van der Waals surface area contributed by atoms with E-state index in [4.69, 9.17) is 18.9 Å². The van der Waals surface area contributed by atoms with Crippen LogP contribution in [0.4, 0.5) is 4.79 Å². The second-order valence-electron chi connectivity index (χ2n) is 5.27. The number of hydrogen-bond acceptors (Lipinski definition) is 5. The Morgan fingerprint density at radius 3 is 2.71 bits per heavy atom. The molecular weight excluding hydrogens is 310 g/mol. The van der Waals surface area contributed by atoms with Gasteiger partial charge in [-0.15, -0.1) is 0 Å². The van der Waals surface area contributed by atoms with E-state index >= 15 is 0 Å². The zero-order valence-corrected chi connectivity index (χ0v) is 13.8. The van der Waals surface area contributed by atoms with Crippen LogP contribution in [0.25, 0.3) is 11.1 Å². The molecule has 1 N–H and O–H groups in total. The number of nitrogens with one attached hydrogen (secondary N) is 1. The zero-order valence-electron chi connectivity index (χ0n) is 13.8. The lowest BCUT2D eigenvalue weighted by atomic mass is 10.00. The molecule has 0 aliphatic carbocycles. The van der Waals surface area contributed by atoms with Crippen molar-refractivity contribution in [1.29, 1.82) is 0 Å². The van der Waals surface area contributed by atoms with E-state index in [1.54, 1.807) is 14.2 Å². The van der Waals surface area contributed by atoms with E-state index in [1.165, 1.54) is 7.05 Å². The molecule has 0 bridgehead atoms. The fraction of sp³-hybridized carbons (Fsp3) is 0.278. The van der Waals surface area contributed by atoms with Gasteiger partial charge in [-0.3, -0.25) is 0 Å². The van der Waals surface area contributed by atoms with Crippen LogP contribution in [0.15, 0.2) is 36.4 Å². The van der Waals surface area contributed by atoms with Gasteiger partial charge in [0.05, 0.1) is 20.6 Å². The van der Waals surface area contributed by atoms with Gasteiger partial charge in [-0.1, -0.05) is 18.2 Å². The SMILES string of the molecule is CNC(=O)OC1Cc2cccc(-c3ccc(OC)cc3OC)c2O1. The summed E-state index contributed by atoms with van der Waals surface area (Å²) in [6.45, 7) is 0. The number of ether oxygens (including phenoxy) is 4. The molecule has 0 saturated heterocycles. The number of carbonyl (C=O) groups excluding carboxylic acids is 1. The van der Waals surface area contributed by atoms with E-state index < -0.39 is 12.4 Å². The summed E-state index contributed by atoms with van der Waals surface area (Å²) in [4.78, 5) is 11.4. The standard InChI is InChI=1S/C18H19NO5/c1-19-18(20)24-16-9-11-5-4-6-14(17(11)23-16)13-8-7-12(21-2)10-15(13)22-3/h4-8,10,16H,9H2,1-3H3,(H,19,20). The van der Waals surface area contributed by atoms with Crippen molar-refractivity contribution in [3.63, 3.8) is 0 Å². The monoisotopic (exact) mass is 329 g/mol. The lowest BCUT2D eigenvalue weighted by Gasteiger charge is -2.15. The van der Waals surface area contributed by atoms with Crippen molar-refractivity contribution in [3.05, 3.63) is 42.0 Å². The molecule has 0 spiro atoms. The molecule has 1 amide bonds. The van der Waals surface area contributed by atoms with Crippen LogP contribution in [0.3, 0.4) is 0 Å². The molecule has 2 aromatic carbocycles. The first-order valence-corrected chi connectivity index (χ1v) is 7.55. The second kappa shape index (κ2) is 6.70. The number of para-hydroxylation sites is 1. The molecule has 0 fully saturated rings. The van der Waals surface area contributed by atoms with Gasteiger partial charge in [-0.05, 0) is 12.1 Å². The molecule has 0 radical (unpaired) electrons. The topological polar surface area (TPSA) is 66.0 Å². The van der Waals surface area contributed by atoms with E-state index in [0.29, 0.717) is 23.7 Å². The zero-order chi connectivity index (χ0) is 17.1. The highest BCUT2D eigenvalue weighted by molar-refractivity contribution is 5.78. The lowest BCUT2D eigenvalue weighted by Crippen LogP contribution is -2.28. The van der Waals surface area contributed by atoms with Gasteiger partial charge < -0.3 is 24.3 Å². The smallest absolute Gasteiger partial charge is 0.409 e. The maximum absolute atomic E-state index is 11.4. The van der Waals surface area contributed by atoms with E-state index in [2.05, 4.69) is 5.32 Å². The van der Waals surface area contributed by atoms with E-state index in [0.717, 1.165) is 16.7 Å². The highest BCUT2D eigenvalue weighted by Gasteiger charge is 2.29. The largest absolute Gasteiger partial charge is 0.497 e. The third-order valence-corrected chi connectivity index (χ3v) is 3.87. The first-order valence-electron chi connectivity index (χ1n) is 7.55. The molecule has 1 unspecified atom stereocenters. The number of fused-ring (bicyclic) bond motifs is 1. The van der Waals surface area contributed by atoms with Crippen LogP contribution in [0, 0.1) is 0 Å². The van der Waals surface area contributed by atoms with Crippen LogP contribution in [0.2, 0.25) is 0 Å². The van der Waals surface area contributed by atoms with Crippen molar-refractivity contribution in [2.75, 3.05) is 21.3 Å². The summed E-state index contributed by atoms with van der Waals surface area (Å²) < 4.78 is 21.8. The van der Waals surface area contributed by atoms with E-state index in [-0.39, 0.29) is 0 Å². The maximum atomic E-state index is 11.4. The Kier molecular flexibility index (Phi) is 4.46. The van der Waals surface area contributed by atoms with Gasteiger partial charge in [-0.25, -0.2) is 4.79 Å². The van der Waals surface area contributed by atoms with Crippen LogP contribution in [-0.4, -0.2) is 33.7 Å². The molecule has 0 aromatic heterocycles. The molecule has 2 aromatic rings. The number of rotatable bonds is 4. The van der Waals surface area contributed by atoms with Crippen LogP contribution < -0.4 is 19.5 Å². The van der Waals surface area contributed by atoms with Gasteiger partial charge in [0, 0.05) is 29.8 Å². The summed E-state index contributed by atoms with van der Waals surface area (Å²) in [6, 6.07) is 11.5. The van der Waals surface area contributed by atoms with Crippen molar-refractivity contribution in [2.24, 2.45) is 0 Å². The summed E-state index contributed by atoms with van der Waals surface area (Å²) in [5.41, 5.74) is 2.75. The minimum absolute atomic E-state index is 0.509. The van der Waals surface area contributed by atoms with Crippen LogP contribution in [0.1, 0.15) is 5.56 Å². The van der Waals surface area contributed by atoms with Crippen LogP contribution in [-0.2, 0) is 11.2 Å². The van der Waals surface area contributed by atoms with Crippen molar-refractivity contribution in [2.45, 2.75) is 12.7 Å². The molecular formula is C18H19NO5. The molecule has 1 heterocycles. The molecule has 1 atom stereocenters. The number of alkyl carbamates (subject to hydrolysis) is 1. The molecule has 0 saturated carbocycles. The number of methoxy groups -OCH3 is 2. The molecule has 24 heavy (non-hydrogen) atoms. The van der Waals surface area contributed by atoms with Gasteiger partial charge in [-0.2, -0.15) is 0 Å². The second-order valence-corrected chi connectivity index (χ2v) is 5.27. The van der Waals surface area contributed by atoms with Crippen LogP contribution in [0.5, 0.6) is 17.2 Å². The quantitative estimate of drug-likeness (QED) is 0.934. The average molecular weight is 329 g/mol. The fourth-order valence-corrected chi connectivity index (χ4v) is 2.71. The Morgan fingerprint density at radius 1 is 1.17 bits per heavy atom. The minimum atomic E-state index is -0.634. The van der Waals surface area contributed by atoms with Crippen molar-refractivity contribution >= 4 is 6.09 Å². The Bertz CT molecular complexity index is 759. The Balaban J connectivity index is 1.96. The Hall–Kier alpha value is -2.89. The maximum Gasteiger partial charge on any atom is 0.409 e. The molecule has 3 rings (SSSR count). The van der Waals surface area contributed by atoms with Crippen molar-refractivity contribution in [3.8, 4) is 28.4 Å². The summed E-state index contributed by atoms with van der Waals surface area (Å²) >= 11 is 0. The number of carbonyl (C=O) groups is 1. The first kappa shape index (κ1) is 16.0. The predicted octanol–water partition coefficient (Wildman–Crippen LogP) is 2.99. The molecule has 126 valence electrons. The number of amides is 1. The van der Waals surface area contributed by atoms with Gasteiger partial charge >= 0.3 is 6.09 Å². The van der Waals surface area contributed by atoms with Gasteiger partial charge in [0.15, 0.2) is 0 Å². The first-order chi connectivity index (χ1) is 11.7. The Morgan fingerprint density at radius 2 is 2.00 bits per heavy atom. The molecule has 6 nitrogen and oxygen atoms in total. The van der Waals surface area contributed by atoms with Gasteiger partial charge in [0.1, 0.15) is 17.2 Å². The van der Waals surface area contributed by atoms with E-state index in [1.807, 2.05) is 36.4 Å². The average Bonchev–Trinajstić information content (AvgIpc) is 3.03. The fourth-order valence-electron chi connectivity index (χ4n) is 2.71. The van der Waals surface area contributed by atoms with E-state index in [9.17, 15) is 4.79 Å². The Labute approximate surface area is 140 Å². The highest BCUT2D eigenvalue weighted by atomic mass is 16.7. The summed E-state index contributed by atoms with van der Waals surface area (Å²) in [5, 5.41) is 2.42. The predicted molar refractivity (Wildman–Crippen MR) is 88.6 cm³/mol. The van der Waals surface area contributed by atoms with Gasteiger partial charge in [0.2, 0.25) is 6.29 Å². The minimum Gasteiger partial charge on any atom is -0.497 e. The summed E-state index contributed by atoms with van der Waals surface area (Å²) in [5.74, 6) is 2.10. The summed E-state index contributed by atoms with van der Waals surface area (Å²) in [7, 11) is 4.73. The third-order valence-electron chi connectivity index (χ3n) is 3.87. The normalized spacial score (nSPS) is 15.2. The van der Waals surface area contributed by atoms with Crippen LogP contribution >= 0.6 is 0 Å². The summed E-state index contributed by atoms with van der Waals surface area (Å²) in [6.07, 6.45) is -0.642. The molecule has 1 aliphatic heterocycles. The highest BCUT2D eigenvalue weighted by Crippen LogP contribution is 2.43. The van der Waals surface area contributed by atoms with Crippen molar-refractivity contribution in [1.82, 2.24) is 5.32 Å². The number of hydrogen-bond donors (Lipinski definition) is 1. The molecule has 1 aliphatic rings. The lowest BCUT2D eigenvalue weighted by molar-refractivity contribution is -0.0153. The van der Waals surface area contributed by atoms with Crippen molar-refractivity contribution < 1.29 is 23.7 Å². The third kappa shape index (κ3) is 2.95.